The van der Waals surface area contributed by atoms with E-state index in [1.807, 2.05) is 6.92 Å². The summed E-state index contributed by atoms with van der Waals surface area (Å²) in [5.74, 6) is 0.524. The van der Waals surface area contributed by atoms with Gasteiger partial charge in [-0.3, -0.25) is 0 Å². The van der Waals surface area contributed by atoms with Crippen LogP contribution >= 0.6 is 0 Å². The van der Waals surface area contributed by atoms with Gasteiger partial charge in [0.05, 0.1) is 7.11 Å². The molecule has 0 aliphatic carbocycles. The van der Waals surface area contributed by atoms with Gasteiger partial charge in [0.1, 0.15) is 0 Å². The van der Waals surface area contributed by atoms with Crippen molar-refractivity contribution in [3.8, 4) is 5.88 Å². The average molecular weight is 195 g/mol. The first kappa shape index (κ1) is 11.0. The van der Waals surface area contributed by atoms with Crippen molar-refractivity contribution in [2.45, 2.75) is 13.3 Å². The molecular weight excluding hydrogens is 181 g/mol. The highest BCUT2D eigenvalue weighted by molar-refractivity contribution is 6.59. The molecule has 1 N–H and O–H groups in total. The molecule has 76 valence electrons. The van der Waals surface area contributed by atoms with Crippen LogP contribution in [0.5, 0.6) is 5.88 Å². The molecule has 0 radical (unpaired) electrons. The lowest BCUT2D eigenvalue weighted by molar-refractivity contribution is 0.270. The number of pyridine rings is 1. The Kier molecular flexibility index (Phi) is 4.42. The summed E-state index contributed by atoms with van der Waals surface area (Å²) in [5.41, 5.74) is 0.638. The molecule has 1 heterocycles. The minimum Gasteiger partial charge on any atom is -0.481 e. The van der Waals surface area contributed by atoms with Gasteiger partial charge in [-0.15, -0.1) is 0 Å². The number of aromatic nitrogens is 1. The van der Waals surface area contributed by atoms with Crippen LogP contribution in [0, 0.1) is 0 Å². The zero-order chi connectivity index (χ0) is 10.4. The minimum absolute atomic E-state index is 0.524. The summed E-state index contributed by atoms with van der Waals surface area (Å²) in [4.78, 5) is 3.96. The molecule has 1 aromatic heterocycles. The van der Waals surface area contributed by atoms with Gasteiger partial charge in [0.2, 0.25) is 5.88 Å². The van der Waals surface area contributed by atoms with Crippen molar-refractivity contribution >= 4 is 12.6 Å². The average Bonchev–Trinajstić information content (AvgIpc) is 2.26. The maximum Gasteiger partial charge on any atom is 0.492 e. The lowest BCUT2D eigenvalue weighted by Crippen LogP contribution is -2.34. The molecule has 0 fully saturated rings. The molecule has 4 nitrogen and oxygen atoms in total. The van der Waals surface area contributed by atoms with Crippen LogP contribution in [-0.2, 0) is 4.65 Å². The summed E-state index contributed by atoms with van der Waals surface area (Å²) >= 11 is 0. The first-order valence-electron chi connectivity index (χ1n) is 4.57. The molecule has 0 unspecified atom stereocenters. The molecule has 0 aromatic carbocycles. The predicted octanol–water partition coefficient (Wildman–Crippen LogP) is 0.204. The Hall–Kier alpha value is -1.07. The van der Waals surface area contributed by atoms with E-state index in [1.54, 1.807) is 25.4 Å². The van der Waals surface area contributed by atoms with Crippen LogP contribution in [0.1, 0.15) is 13.3 Å². The van der Waals surface area contributed by atoms with E-state index in [2.05, 4.69) is 4.98 Å². The van der Waals surface area contributed by atoms with Gasteiger partial charge in [0, 0.05) is 18.3 Å². The van der Waals surface area contributed by atoms with E-state index in [9.17, 15) is 5.02 Å². The van der Waals surface area contributed by atoms with Gasteiger partial charge in [0.25, 0.3) is 0 Å². The molecule has 0 atom stereocenters. The Bertz CT molecular complexity index is 265. The quantitative estimate of drug-likeness (QED) is 0.682. The van der Waals surface area contributed by atoms with Gasteiger partial charge in [-0.1, -0.05) is 13.0 Å². The molecule has 0 aliphatic rings. The van der Waals surface area contributed by atoms with Gasteiger partial charge < -0.3 is 14.4 Å². The highest BCUT2D eigenvalue weighted by atomic mass is 16.5. The normalized spacial score (nSPS) is 9.93. The Morgan fingerprint density at radius 1 is 1.50 bits per heavy atom. The number of ether oxygens (including phenoxy) is 1. The zero-order valence-electron chi connectivity index (χ0n) is 8.43. The maximum atomic E-state index is 9.51. The van der Waals surface area contributed by atoms with Crippen molar-refractivity contribution < 1.29 is 14.4 Å². The zero-order valence-corrected chi connectivity index (χ0v) is 8.43. The van der Waals surface area contributed by atoms with Gasteiger partial charge in [-0.05, 0) is 12.5 Å². The highest BCUT2D eigenvalue weighted by Crippen LogP contribution is 2.00. The molecule has 5 heteroatoms. The first-order chi connectivity index (χ1) is 6.77. The van der Waals surface area contributed by atoms with Gasteiger partial charge in [-0.25, -0.2) is 4.98 Å². The highest BCUT2D eigenvalue weighted by Gasteiger charge is 2.15. The summed E-state index contributed by atoms with van der Waals surface area (Å²) in [5, 5.41) is 9.51. The molecule has 0 amide bonds. The summed E-state index contributed by atoms with van der Waals surface area (Å²) in [6.07, 6.45) is 2.42. The van der Waals surface area contributed by atoms with Crippen molar-refractivity contribution in [1.29, 1.82) is 0 Å². The molecule has 0 saturated heterocycles. The molecular formula is C9H14BNO3. The SMILES string of the molecule is CCCOB(O)c1ccc(OC)nc1. The van der Waals surface area contributed by atoms with Crippen LogP contribution in [0.15, 0.2) is 18.3 Å². The number of methoxy groups -OCH3 is 1. The Balaban J connectivity index is 2.57. The molecule has 1 rings (SSSR count). The predicted molar refractivity (Wildman–Crippen MR) is 54.6 cm³/mol. The third-order valence-corrected chi connectivity index (χ3v) is 1.73. The standard InChI is InChI=1S/C9H14BNO3/c1-3-6-14-10(12)8-4-5-9(13-2)11-7-8/h4-5,7,12H,3,6H2,1-2H3. The summed E-state index contributed by atoms with van der Waals surface area (Å²) in [6, 6.07) is 3.42. The Labute approximate surface area is 84.0 Å². The molecule has 0 spiro atoms. The second-order valence-corrected chi connectivity index (χ2v) is 2.86. The second-order valence-electron chi connectivity index (χ2n) is 2.86. The van der Waals surface area contributed by atoms with Crippen molar-refractivity contribution in [2.24, 2.45) is 0 Å². The van der Waals surface area contributed by atoms with E-state index in [0.717, 1.165) is 6.42 Å². The van der Waals surface area contributed by atoms with Crippen molar-refractivity contribution in [3.63, 3.8) is 0 Å². The van der Waals surface area contributed by atoms with Gasteiger partial charge in [0.15, 0.2) is 0 Å². The fourth-order valence-electron chi connectivity index (χ4n) is 0.984. The molecule has 0 bridgehead atoms. The topological polar surface area (TPSA) is 51.6 Å². The van der Waals surface area contributed by atoms with Crippen molar-refractivity contribution in [1.82, 2.24) is 4.98 Å². The maximum absolute atomic E-state index is 9.51. The lowest BCUT2D eigenvalue weighted by Gasteiger charge is -2.06. The van der Waals surface area contributed by atoms with Crippen LogP contribution < -0.4 is 10.2 Å². The second kappa shape index (κ2) is 5.62. The van der Waals surface area contributed by atoms with E-state index in [1.165, 1.54) is 0 Å². The van der Waals surface area contributed by atoms with E-state index >= 15 is 0 Å². The largest absolute Gasteiger partial charge is 0.492 e. The van der Waals surface area contributed by atoms with E-state index in [-0.39, 0.29) is 0 Å². The van der Waals surface area contributed by atoms with E-state index in [4.69, 9.17) is 9.39 Å². The number of rotatable bonds is 5. The summed E-state index contributed by atoms with van der Waals surface area (Å²) in [7, 11) is 0.653. The van der Waals surface area contributed by atoms with E-state index in [0.29, 0.717) is 17.9 Å². The number of hydrogen-bond acceptors (Lipinski definition) is 4. The number of hydrogen-bond donors (Lipinski definition) is 1. The van der Waals surface area contributed by atoms with E-state index < -0.39 is 7.12 Å². The number of nitrogens with zero attached hydrogens (tertiary/aromatic N) is 1. The summed E-state index contributed by atoms with van der Waals surface area (Å²) < 4.78 is 10.0. The Morgan fingerprint density at radius 2 is 2.29 bits per heavy atom. The van der Waals surface area contributed by atoms with Gasteiger partial charge >= 0.3 is 7.12 Å². The fourth-order valence-corrected chi connectivity index (χ4v) is 0.984. The van der Waals surface area contributed by atoms with Gasteiger partial charge in [-0.2, -0.15) is 0 Å². The van der Waals surface area contributed by atoms with Crippen LogP contribution in [0.3, 0.4) is 0 Å². The third kappa shape index (κ3) is 3.01. The lowest BCUT2D eigenvalue weighted by atomic mass is 9.81. The Morgan fingerprint density at radius 3 is 2.79 bits per heavy atom. The van der Waals surface area contributed by atoms with Crippen LogP contribution in [0.25, 0.3) is 0 Å². The fraction of sp³-hybridized carbons (Fsp3) is 0.444. The molecule has 0 aliphatic heterocycles. The first-order valence-corrected chi connectivity index (χ1v) is 4.57. The third-order valence-electron chi connectivity index (χ3n) is 1.73. The van der Waals surface area contributed by atoms with Crippen molar-refractivity contribution in [3.05, 3.63) is 18.3 Å². The van der Waals surface area contributed by atoms with Crippen molar-refractivity contribution in [2.75, 3.05) is 13.7 Å². The molecule has 1 aromatic rings. The monoisotopic (exact) mass is 195 g/mol. The summed E-state index contributed by atoms with van der Waals surface area (Å²) in [6.45, 7) is 2.52. The minimum atomic E-state index is -0.895. The van der Waals surface area contributed by atoms with Crippen LogP contribution in [-0.4, -0.2) is 30.8 Å². The molecule has 14 heavy (non-hydrogen) atoms. The molecule has 0 saturated carbocycles. The smallest absolute Gasteiger partial charge is 0.481 e. The van der Waals surface area contributed by atoms with Crippen LogP contribution in [0.2, 0.25) is 0 Å². The van der Waals surface area contributed by atoms with Crippen LogP contribution in [0.4, 0.5) is 0 Å².